The molecule has 0 bridgehead atoms. The smallest absolute Gasteiger partial charge is 0.207 e. The van der Waals surface area contributed by atoms with Gasteiger partial charge in [0.2, 0.25) is 5.70 Å². The lowest BCUT2D eigenvalue weighted by atomic mass is 10.3. The Morgan fingerprint density at radius 3 is 2.31 bits per heavy atom. The van der Waals surface area contributed by atoms with Crippen molar-refractivity contribution in [1.29, 1.82) is 0 Å². The molecule has 0 fully saturated rings. The van der Waals surface area contributed by atoms with E-state index in [-0.39, 0.29) is 0 Å². The average Bonchev–Trinajstić information content (AvgIpc) is 3.03. The minimum Gasteiger partial charge on any atom is -0.207 e. The summed E-state index contributed by atoms with van der Waals surface area (Å²) in [5.41, 5.74) is 0.806. The Morgan fingerprint density at radius 1 is 1.00 bits per heavy atom. The maximum absolute atomic E-state index is 4.29. The highest BCUT2D eigenvalue weighted by atomic mass is 15.3. The van der Waals surface area contributed by atoms with E-state index in [4.69, 9.17) is 0 Å². The van der Waals surface area contributed by atoms with Crippen molar-refractivity contribution in [1.82, 2.24) is 19.6 Å². The molecule has 5 nitrogen and oxygen atoms in total. The van der Waals surface area contributed by atoms with Crippen molar-refractivity contribution in [3.63, 3.8) is 0 Å². The summed E-state index contributed by atoms with van der Waals surface area (Å²) in [4.78, 5) is 4.29. The normalized spacial score (nSPS) is 14.2. The van der Waals surface area contributed by atoms with E-state index in [1.165, 1.54) is 0 Å². The van der Waals surface area contributed by atoms with Gasteiger partial charge in [0.05, 0.1) is 12.3 Å². The largest absolute Gasteiger partial charge is 0.269 e. The number of hydrogen-bond donors (Lipinski definition) is 0. The highest BCUT2D eigenvalue weighted by molar-refractivity contribution is 5.96. The predicted molar refractivity (Wildman–Crippen MR) is 59.4 cm³/mol. The van der Waals surface area contributed by atoms with Gasteiger partial charge in [0, 0.05) is 18.6 Å². The van der Waals surface area contributed by atoms with Crippen LogP contribution in [0.25, 0.3) is 5.70 Å². The molecule has 0 radical (unpaired) electrons. The molecule has 0 saturated carbocycles. The van der Waals surface area contributed by atoms with Gasteiger partial charge in [0.1, 0.15) is 0 Å². The number of aliphatic imine (C=N–C) groups is 1. The van der Waals surface area contributed by atoms with Gasteiger partial charge in [-0.3, -0.25) is 0 Å². The monoisotopic (exact) mass is 210 g/mol. The molecule has 0 unspecified atom stereocenters. The van der Waals surface area contributed by atoms with Crippen LogP contribution in [-0.2, 0) is 0 Å². The summed E-state index contributed by atoms with van der Waals surface area (Å²) in [6.07, 6.45) is 13.7. The van der Waals surface area contributed by atoms with Crippen LogP contribution in [0.5, 0.6) is 0 Å². The first-order chi connectivity index (χ1) is 7.93. The van der Waals surface area contributed by atoms with Gasteiger partial charge in [-0.05, 0) is 12.1 Å². The molecular weight excluding hydrogens is 202 g/mol. The molecule has 0 N–H and O–H groups in total. The van der Waals surface area contributed by atoms with Crippen LogP contribution < -0.4 is 0 Å². The van der Waals surface area contributed by atoms with Crippen molar-refractivity contribution < 1.29 is 0 Å². The first kappa shape index (κ1) is 8.76. The van der Waals surface area contributed by atoms with E-state index in [2.05, 4.69) is 21.3 Å². The zero-order valence-electron chi connectivity index (χ0n) is 8.35. The molecule has 2 aromatic heterocycles. The zero-order valence-corrected chi connectivity index (χ0v) is 8.35. The molecule has 76 valence electrons. The topological polar surface area (TPSA) is 48.0 Å². The van der Waals surface area contributed by atoms with Crippen LogP contribution in [0.2, 0.25) is 0 Å². The lowest BCUT2D eigenvalue weighted by Crippen LogP contribution is -2.11. The van der Waals surface area contributed by atoms with Crippen LogP contribution in [-0.4, -0.2) is 25.4 Å². The molecule has 0 atom stereocenters. The van der Waals surface area contributed by atoms with E-state index >= 15 is 0 Å². The van der Waals surface area contributed by atoms with E-state index < -0.39 is 0 Å². The van der Waals surface area contributed by atoms with Gasteiger partial charge in [0.25, 0.3) is 5.84 Å². The van der Waals surface area contributed by atoms with Gasteiger partial charge in [0.15, 0.2) is 12.3 Å². The summed E-state index contributed by atoms with van der Waals surface area (Å²) in [7, 11) is 0. The van der Waals surface area contributed by atoms with Crippen molar-refractivity contribution in [2.75, 3.05) is 0 Å². The fourth-order valence-corrected chi connectivity index (χ4v) is 1.41. The zero-order chi connectivity index (χ0) is 10.8. The second kappa shape index (κ2) is 3.56. The molecule has 1 aliphatic rings. The van der Waals surface area contributed by atoms with Crippen LogP contribution in [0.3, 0.4) is 0 Å². The van der Waals surface area contributed by atoms with E-state index in [0.29, 0.717) is 0 Å². The Morgan fingerprint density at radius 2 is 1.75 bits per heavy atom. The van der Waals surface area contributed by atoms with E-state index in [0.717, 1.165) is 11.5 Å². The standard InChI is InChI=1S/C11H8N5/c1-5-13-15(7-1)10-3-4-11(12-9-10)16-8-2-6-14-16/h1-2,4-9H/q+1. The van der Waals surface area contributed by atoms with Gasteiger partial charge in [-0.25, -0.2) is 4.68 Å². The summed E-state index contributed by atoms with van der Waals surface area (Å²) in [6, 6.07) is 3.71. The Kier molecular flexibility index (Phi) is 1.95. The molecule has 0 aliphatic carbocycles. The lowest BCUT2D eigenvalue weighted by Gasteiger charge is -1.97. The van der Waals surface area contributed by atoms with Crippen LogP contribution in [0.1, 0.15) is 0 Å². The molecule has 16 heavy (non-hydrogen) atoms. The summed E-state index contributed by atoms with van der Waals surface area (Å²) in [5.74, 6) is 0.737. The van der Waals surface area contributed by atoms with Crippen LogP contribution in [0.4, 0.5) is 0 Å². The van der Waals surface area contributed by atoms with Crippen molar-refractivity contribution in [2.24, 2.45) is 4.99 Å². The predicted octanol–water partition coefficient (Wildman–Crippen LogP) is 1.20. The second-order valence-corrected chi connectivity index (χ2v) is 3.19. The Hall–Kier alpha value is -2.52. The van der Waals surface area contributed by atoms with E-state index in [1.54, 1.807) is 34.0 Å². The number of nitrogens with zero attached hydrogens (tertiary/aromatic N) is 5. The van der Waals surface area contributed by atoms with Crippen molar-refractivity contribution in [3.8, 4) is 0 Å². The maximum Gasteiger partial charge on any atom is 0.269 e. The van der Waals surface area contributed by atoms with Gasteiger partial charge in [-0.1, -0.05) is 0 Å². The van der Waals surface area contributed by atoms with E-state index in [9.17, 15) is 0 Å². The molecule has 2 aromatic rings. The van der Waals surface area contributed by atoms with Gasteiger partial charge in [-0.15, -0.1) is 4.99 Å². The first-order valence-electron chi connectivity index (χ1n) is 4.81. The summed E-state index contributed by atoms with van der Waals surface area (Å²) in [5, 5.41) is 8.19. The third-order valence-electron chi connectivity index (χ3n) is 2.16. The van der Waals surface area contributed by atoms with Crippen LogP contribution in [0, 0.1) is 6.08 Å². The van der Waals surface area contributed by atoms with Crippen LogP contribution >= 0.6 is 0 Å². The quantitative estimate of drug-likeness (QED) is 0.664. The molecule has 0 spiro atoms. The SMILES string of the molecule is [C+]1=CC(n2cccn2)=NC=C1n1cccn1. The van der Waals surface area contributed by atoms with Gasteiger partial charge >= 0.3 is 0 Å². The average molecular weight is 210 g/mol. The second-order valence-electron chi connectivity index (χ2n) is 3.19. The molecule has 3 rings (SSSR count). The molecule has 1 aliphatic heterocycles. The highest BCUT2D eigenvalue weighted by Gasteiger charge is 2.14. The van der Waals surface area contributed by atoms with Crippen molar-refractivity contribution in [3.05, 3.63) is 55.3 Å². The number of hydrogen-bond acceptors (Lipinski definition) is 3. The molecular formula is C11H8N5+. The Bertz CT molecular complexity index is 505. The summed E-state index contributed by atoms with van der Waals surface area (Å²) >= 11 is 0. The third-order valence-corrected chi connectivity index (χ3v) is 2.16. The minimum absolute atomic E-state index is 0.737. The Balaban J connectivity index is 1.93. The highest BCUT2D eigenvalue weighted by Crippen LogP contribution is 2.08. The maximum atomic E-state index is 4.29. The molecule has 0 amide bonds. The lowest BCUT2D eigenvalue weighted by molar-refractivity contribution is 0.896. The minimum atomic E-state index is 0.737. The van der Waals surface area contributed by atoms with Gasteiger partial charge < -0.3 is 0 Å². The fraction of sp³-hybridized carbons (Fsp3) is 0. The number of aromatic nitrogens is 4. The van der Waals surface area contributed by atoms with Crippen molar-refractivity contribution >= 4 is 11.5 Å². The molecule has 5 heteroatoms. The molecule has 0 aromatic carbocycles. The first-order valence-corrected chi connectivity index (χ1v) is 4.81. The molecule has 3 heterocycles. The van der Waals surface area contributed by atoms with E-state index in [1.807, 2.05) is 24.5 Å². The number of rotatable bonds is 1. The third kappa shape index (κ3) is 1.45. The van der Waals surface area contributed by atoms with Crippen molar-refractivity contribution in [2.45, 2.75) is 0 Å². The fourth-order valence-electron chi connectivity index (χ4n) is 1.41. The van der Waals surface area contributed by atoms with Gasteiger partial charge in [-0.2, -0.15) is 14.9 Å². The Labute approximate surface area is 92.0 Å². The summed E-state index contributed by atoms with van der Waals surface area (Å²) < 4.78 is 3.39. The summed E-state index contributed by atoms with van der Waals surface area (Å²) in [6.45, 7) is 0. The molecule has 0 saturated heterocycles. The number of allylic oxidation sites excluding steroid dienone is 3. The van der Waals surface area contributed by atoms with Crippen LogP contribution in [0.15, 0.2) is 54.2 Å².